The highest BCUT2D eigenvalue weighted by molar-refractivity contribution is 6.42. The Bertz CT molecular complexity index is 733. The number of carbonyl (C=O) groups excluding carboxylic acids is 2. The van der Waals surface area contributed by atoms with E-state index in [0.29, 0.717) is 22.3 Å². The summed E-state index contributed by atoms with van der Waals surface area (Å²) in [6.45, 7) is 4.08. The van der Waals surface area contributed by atoms with Crippen molar-refractivity contribution in [3.8, 4) is 0 Å². The number of nitrogens with zero attached hydrogens (tertiary/aromatic N) is 1. The summed E-state index contributed by atoms with van der Waals surface area (Å²) in [4.78, 5) is 26.3. The quantitative estimate of drug-likeness (QED) is 0.818. The molecule has 24 heavy (non-hydrogen) atoms. The summed E-state index contributed by atoms with van der Waals surface area (Å²) in [5.74, 6) is -1.37. The van der Waals surface area contributed by atoms with Gasteiger partial charge in [0.1, 0.15) is 0 Å². The third-order valence-corrected chi connectivity index (χ3v) is 4.02. The van der Waals surface area contributed by atoms with E-state index in [-0.39, 0.29) is 6.04 Å². The number of halogens is 2. The molecule has 2 rings (SSSR count). The molecule has 0 saturated heterocycles. The molecule has 0 aromatic heterocycles. The Kier molecular flexibility index (Phi) is 6.23. The highest BCUT2D eigenvalue weighted by Gasteiger charge is 2.25. The molecule has 0 aliphatic rings. The summed E-state index contributed by atoms with van der Waals surface area (Å²) in [6, 6.07) is 14.1. The van der Waals surface area contributed by atoms with Gasteiger partial charge in [-0.3, -0.25) is 9.59 Å². The second-order valence-corrected chi connectivity index (χ2v) is 6.43. The summed E-state index contributed by atoms with van der Waals surface area (Å²) in [5.41, 5.74) is 1.26. The van der Waals surface area contributed by atoms with Gasteiger partial charge >= 0.3 is 11.8 Å². The number of anilines is 1. The first-order chi connectivity index (χ1) is 11.4. The van der Waals surface area contributed by atoms with Crippen molar-refractivity contribution in [2.45, 2.75) is 26.4 Å². The summed E-state index contributed by atoms with van der Waals surface area (Å²) in [7, 11) is 0. The molecule has 2 amide bonds. The van der Waals surface area contributed by atoms with Gasteiger partial charge in [0.05, 0.1) is 10.7 Å². The number of amides is 2. The van der Waals surface area contributed by atoms with Crippen molar-refractivity contribution < 1.29 is 9.59 Å². The molecule has 0 bridgehead atoms. The number of rotatable bonds is 4. The molecule has 0 unspecified atom stereocenters. The largest absolute Gasteiger partial charge is 0.328 e. The van der Waals surface area contributed by atoms with Crippen molar-refractivity contribution in [3.05, 3.63) is 64.1 Å². The number of hydrogen-bond acceptors (Lipinski definition) is 2. The number of nitrogens with one attached hydrogen (secondary N) is 1. The molecule has 2 aromatic carbocycles. The maximum atomic E-state index is 12.5. The minimum atomic E-state index is -0.746. The third kappa shape index (κ3) is 4.73. The van der Waals surface area contributed by atoms with Gasteiger partial charge in [-0.25, -0.2) is 0 Å². The van der Waals surface area contributed by atoms with E-state index in [0.717, 1.165) is 5.56 Å². The fraction of sp³-hybridized carbons (Fsp3) is 0.222. The minimum Gasteiger partial charge on any atom is -0.328 e. The number of hydrogen-bond donors (Lipinski definition) is 1. The van der Waals surface area contributed by atoms with Gasteiger partial charge in [0.25, 0.3) is 0 Å². The first-order valence-corrected chi connectivity index (χ1v) is 8.25. The predicted molar refractivity (Wildman–Crippen MR) is 97.2 cm³/mol. The number of carbonyl (C=O) groups is 2. The molecule has 0 aliphatic carbocycles. The summed E-state index contributed by atoms with van der Waals surface area (Å²) >= 11 is 11.9. The minimum absolute atomic E-state index is 0.127. The topological polar surface area (TPSA) is 49.4 Å². The van der Waals surface area contributed by atoms with Crippen LogP contribution in [-0.4, -0.2) is 22.8 Å². The van der Waals surface area contributed by atoms with Crippen LogP contribution in [0.15, 0.2) is 48.5 Å². The highest BCUT2D eigenvalue weighted by atomic mass is 35.5. The summed E-state index contributed by atoms with van der Waals surface area (Å²) < 4.78 is 0. The monoisotopic (exact) mass is 364 g/mol. The molecule has 1 N–H and O–H groups in total. The first kappa shape index (κ1) is 18.3. The summed E-state index contributed by atoms with van der Waals surface area (Å²) in [5, 5.41) is 3.27. The van der Waals surface area contributed by atoms with Crippen LogP contribution in [0.1, 0.15) is 19.4 Å². The SMILES string of the molecule is CC(C)N(Cc1ccccc1)C(=O)C(=O)Nc1cc(Cl)ccc1Cl. The fourth-order valence-electron chi connectivity index (χ4n) is 2.17. The van der Waals surface area contributed by atoms with Crippen LogP contribution in [0, 0.1) is 0 Å². The van der Waals surface area contributed by atoms with Crippen molar-refractivity contribution in [1.29, 1.82) is 0 Å². The van der Waals surface area contributed by atoms with Gasteiger partial charge in [0.2, 0.25) is 0 Å². The zero-order valence-corrected chi connectivity index (χ0v) is 14.9. The van der Waals surface area contributed by atoms with Gasteiger partial charge in [-0.2, -0.15) is 0 Å². The van der Waals surface area contributed by atoms with Crippen molar-refractivity contribution >= 4 is 40.7 Å². The lowest BCUT2D eigenvalue weighted by Crippen LogP contribution is -2.43. The van der Waals surface area contributed by atoms with E-state index in [1.54, 1.807) is 12.1 Å². The Morgan fingerprint density at radius 2 is 1.75 bits per heavy atom. The molecule has 0 saturated carbocycles. The van der Waals surface area contributed by atoms with E-state index >= 15 is 0 Å². The van der Waals surface area contributed by atoms with Crippen molar-refractivity contribution in [2.75, 3.05) is 5.32 Å². The van der Waals surface area contributed by atoms with E-state index in [1.165, 1.54) is 11.0 Å². The lowest BCUT2D eigenvalue weighted by Gasteiger charge is -2.26. The average Bonchev–Trinajstić information content (AvgIpc) is 2.56. The van der Waals surface area contributed by atoms with Gasteiger partial charge in [-0.05, 0) is 37.6 Å². The van der Waals surface area contributed by atoms with Crippen LogP contribution in [0.5, 0.6) is 0 Å². The molecule has 6 heteroatoms. The lowest BCUT2D eigenvalue weighted by molar-refractivity contribution is -0.144. The van der Waals surface area contributed by atoms with Gasteiger partial charge in [-0.1, -0.05) is 53.5 Å². The van der Waals surface area contributed by atoms with Crippen LogP contribution >= 0.6 is 23.2 Å². The predicted octanol–water partition coefficient (Wildman–Crippen LogP) is 4.37. The molecule has 0 aliphatic heterocycles. The highest BCUT2D eigenvalue weighted by Crippen LogP contribution is 2.25. The van der Waals surface area contributed by atoms with Crippen LogP contribution in [0.4, 0.5) is 5.69 Å². The van der Waals surface area contributed by atoms with Crippen molar-refractivity contribution in [2.24, 2.45) is 0 Å². The molecule has 0 atom stereocenters. The van der Waals surface area contributed by atoms with Crippen LogP contribution < -0.4 is 5.32 Å². The molecule has 2 aromatic rings. The molecule has 0 heterocycles. The molecular weight excluding hydrogens is 347 g/mol. The molecule has 4 nitrogen and oxygen atoms in total. The zero-order valence-electron chi connectivity index (χ0n) is 13.4. The molecule has 0 radical (unpaired) electrons. The maximum absolute atomic E-state index is 12.5. The van der Waals surface area contributed by atoms with E-state index in [9.17, 15) is 9.59 Å². The fourth-order valence-corrected chi connectivity index (χ4v) is 2.51. The first-order valence-electron chi connectivity index (χ1n) is 7.49. The van der Waals surface area contributed by atoms with Crippen molar-refractivity contribution in [1.82, 2.24) is 4.90 Å². The Morgan fingerprint density at radius 1 is 1.08 bits per heavy atom. The van der Waals surface area contributed by atoms with Crippen LogP contribution in [-0.2, 0) is 16.1 Å². The average molecular weight is 365 g/mol. The number of benzene rings is 2. The molecule has 0 fully saturated rings. The Labute approximate surface area is 151 Å². The second kappa shape index (κ2) is 8.18. The van der Waals surface area contributed by atoms with E-state index in [2.05, 4.69) is 5.32 Å². The van der Waals surface area contributed by atoms with E-state index in [4.69, 9.17) is 23.2 Å². The third-order valence-electron chi connectivity index (χ3n) is 3.45. The maximum Gasteiger partial charge on any atom is 0.313 e. The molecular formula is C18H18Cl2N2O2. The lowest BCUT2D eigenvalue weighted by atomic mass is 10.2. The summed E-state index contributed by atoms with van der Waals surface area (Å²) in [6.07, 6.45) is 0. The normalized spacial score (nSPS) is 10.5. The Balaban J connectivity index is 2.14. The second-order valence-electron chi connectivity index (χ2n) is 5.59. The Morgan fingerprint density at radius 3 is 2.38 bits per heavy atom. The standard InChI is InChI=1S/C18H18Cl2N2O2/c1-12(2)22(11-13-6-4-3-5-7-13)18(24)17(23)21-16-10-14(19)8-9-15(16)20/h3-10,12H,11H2,1-2H3,(H,21,23). The molecule has 126 valence electrons. The van der Waals surface area contributed by atoms with Crippen LogP contribution in [0.3, 0.4) is 0 Å². The van der Waals surface area contributed by atoms with Crippen LogP contribution in [0.25, 0.3) is 0 Å². The van der Waals surface area contributed by atoms with Gasteiger partial charge in [0, 0.05) is 17.6 Å². The van der Waals surface area contributed by atoms with E-state index in [1.807, 2.05) is 44.2 Å². The van der Waals surface area contributed by atoms with Gasteiger partial charge < -0.3 is 10.2 Å². The zero-order chi connectivity index (χ0) is 17.7. The van der Waals surface area contributed by atoms with Crippen LogP contribution in [0.2, 0.25) is 10.0 Å². The Hall–Kier alpha value is -2.04. The van der Waals surface area contributed by atoms with Crippen molar-refractivity contribution in [3.63, 3.8) is 0 Å². The molecule has 0 spiro atoms. The van der Waals surface area contributed by atoms with Gasteiger partial charge in [-0.15, -0.1) is 0 Å². The van der Waals surface area contributed by atoms with E-state index < -0.39 is 11.8 Å². The smallest absolute Gasteiger partial charge is 0.313 e. The van der Waals surface area contributed by atoms with Gasteiger partial charge in [0.15, 0.2) is 0 Å².